The van der Waals surface area contributed by atoms with Gasteiger partial charge in [-0.1, -0.05) is 16.8 Å². The molecule has 6 rings (SSSR count). The van der Waals surface area contributed by atoms with E-state index in [0.717, 1.165) is 79.2 Å². The average Bonchev–Trinajstić information content (AvgIpc) is 3.40. The average molecular weight is 467 g/mol. The van der Waals surface area contributed by atoms with Gasteiger partial charge in [0, 0.05) is 6.42 Å². The Kier molecular flexibility index (Phi) is 5.20. The molecule has 33 heavy (non-hydrogen) atoms. The largest absolute Gasteiger partial charge is 0.354 e. The number of nitrogens with zero attached hydrogens (tertiary/aromatic N) is 4. The number of benzene rings is 1. The third-order valence-corrected chi connectivity index (χ3v) is 8.35. The molecule has 1 atom stereocenters. The van der Waals surface area contributed by atoms with Gasteiger partial charge >= 0.3 is 0 Å². The minimum atomic E-state index is 0.138. The Morgan fingerprint density at radius 3 is 2.91 bits per heavy atom. The van der Waals surface area contributed by atoms with Crippen molar-refractivity contribution in [2.24, 2.45) is 0 Å². The van der Waals surface area contributed by atoms with E-state index in [-0.39, 0.29) is 5.56 Å². The summed E-state index contributed by atoms with van der Waals surface area (Å²) in [6.07, 6.45) is 2.73. The number of quaternary nitrogens is 2. The predicted octanol–water partition coefficient (Wildman–Crippen LogP) is -0.116. The van der Waals surface area contributed by atoms with E-state index in [1.165, 1.54) is 25.8 Å². The zero-order valence-corrected chi connectivity index (χ0v) is 20.0. The molecule has 0 saturated carbocycles. The van der Waals surface area contributed by atoms with Crippen molar-refractivity contribution in [1.29, 1.82) is 0 Å². The van der Waals surface area contributed by atoms with Crippen molar-refractivity contribution in [1.82, 2.24) is 14.7 Å². The third kappa shape index (κ3) is 3.74. The number of hydrogen-bond acceptors (Lipinski definition) is 6. The molecule has 3 aromatic heterocycles. The molecular weight excluding hydrogens is 436 g/mol. The van der Waals surface area contributed by atoms with E-state index >= 15 is 0 Å². The first kappa shape index (κ1) is 20.8. The molecule has 5 heterocycles. The van der Waals surface area contributed by atoms with Gasteiger partial charge in [0.15, 0.2) is 11.4 Å². The third-order valence-electron chi connectivity index (χ3n) is 7.21. The fourth-order valence-corrected chi connectivity index (χ4v) is 6.52. The predicted molar refractivity (Wildman–Crippen MR) is 130 cm³/mol. The Balaban J connectivity index is 1.13. The molecule has 9 heteroatoms. The molecule has 172 valence electrons. The van der Waals surface area contributed by atoms with Crippen LogP contribution in [0.5, 0.6) is 0 Å². The van der Waals surface area contributed by atoms with Gasteiger partial charge in [-0.2, -0.15) is 0 Å². The Bertz CT molecular complexity index is 1380. The summed E-state index contributed by atoms with van der Waals surface area (Å²) in [5.41, 5.74) is 3.45. The number of thiophene rings is 1. The summed E-state index contributed by atoms with van der Waals surface area (Å²) in [7, 11) is 2.22. The molecule has 2 aliphatic heterocycles. The van der Waals surface area contributed by atoms with Crippen molar-refractivity contribution >= 4 is 38.3 Å². The zero-order valence-electron chi connectivity index (χ0n) is 19.2. The highest BCUT2D eigenvalue weighted by atomic mass is 32.1. The number of aromatic nitrogens is 3. The van der Waals surface area contributed by atoms with Gasteiger partial charge in [0.05, 0.1) is 74.8 Å². The number of aryl methyl sites for hydroxylation is 1. The summed E-state index contributed by atoms with van der Waals surface area (Å²) in [4.78, 5) is 25.5. The van der Waals surface area contributed by atoms with Crippen LogP contribution in [0.4, 0.5) is 5.82 Å². The Morgan fingerprint density at radius 1 is 1.21 bits per heavy atom. The lowest BCUT2D eigenvalue weighted by atomic mass is 10.1. The molecule has 1 saturated heterocycles. The van der Waals surface area contributed by atoms with Crippen LogP contribution in [0.15, 0.2) is 33.8 Å². The molecule has 8 nitrogen and oxygen atoms in total. The van der Waals surface area contributed by atoms with Crippen molar-refractivity contribution in [3.05, 3.63) is 50.9 Å². The number of piperazine rings is 1. The normalized spacial score (nSPS) is 19.5. The zero-order chi connectivity index (χ0) is 22.5. The molecule has 0 bridgehead atoms. The van der Waals surface area contributed by atoms with Gasteiger partial charge in [0.2, 0.25) is 0 Å². The second-order valence-corrected chi connectivity index (χ2v) is 10.6. The number of likely N-dealkylation sites (N-methyl/N-ethyl adjacent to an activating group) is 1. The summed E-state index contributed by atoms with van der Waals surface area (Å²) in [5, 5.41) is 6.31. The maximum Gasteiger partial charge on any atom is 0.262 e. The van der Waals surface area contributed by atoms with Crippen molar-refractivity contribution in [3.63, 3.8) is 0 Å². The molecule has 0 amide bonds. The van der Waals surface area contributed by atoms with Crippen LogP contribution < -0.4 is 20.3 Å². The molecule has 4 aromatic rings. The van der Waals surface area contributed by atoms with Gasteiger partial charge in [-0.15, -0.1) is 11.3 Å². The van der Waals surface area contributed by atoms with E-state index in [2.05, 4.69) is 41.1 Å². The summed E-state index contributed by atoms with van der Waals surface area (Å²) < 4.78 is 7.36. The van der Waals surface area contributed by atoms with Crippen LogP contribution in [-0.4, -0.2) is 61.0 Å². The Hall–Kier alpha value is -2.75. The van der Waals surface area contributed by atoms with E-state index < -0.39 is 0 Å². The van der Waals surface area contributed by atoms with E-state index in [4.69, 9.17) is 4.52 Å². The van der Waals surface area contributed by atoms with Crippen LogP contribution >= 0.6 is 11.3 Å². The van der Waals surface area contributed by atoms with Crippen molar-refractivity contribution in [2.45, 2.75) is 26.4 Å². The number of nitrogens with one attached hydrogen (secondary N) is 2. The van der Waals surface area contributed by atoms with Gasteiger partial charge in [0.1, 0.15) is 11.4 Å². The summed E-state index contributed by atoms with van der Waals surface area (Å²) in [6.45, 7) is 9.74. The smallest absolute Gasteiger partial charge is 0.262 e. The van der Waals surface area contributed by atoms with Crippen LogP contribution in [0.2, 0.25) is 0 Å². The summed E-state index contributed by atoms with van der Waals surface area (Å²) >= 11 is 1.70. The highest BCUT2D eigenvalue weighted by Crippen LogP contribution is 2.29. The topological polar surface area (TPSA) is 73.0 Å². The van der Waals surface area contributed by atoms with Gasteiger partial charge in [0.25, 0.3) is 5.56 Å². The monoisotopic (exact) mass is 466 g/mol. The second kappa shape index (κ2) is 8.23. The molecular formula is C24H30N6O2S+2. The number of hydrogen-bond donors (Lipinski definition) is 2. The molecule has 0 aliphatic carbocycles. The van der Waals surface area contributed by atoms with Gasteiger partial charge in [-0.05, 0) is 24.6 Å². The van der Waals surface area contributed by atoms with Crippen molar-refractivity contribution in [2.75, 3.05) is 51.2 Å². The molecule has 2 aliphatic rings. The summed E-state index contributed by atoms with van der Waals surface area (Å²) in [5.74, 6) is 0.952. The van der Waals surface area contributed by atoms with Crippen molar-refractivity contribution < 1.29 is 14.3 Å². The highest BCUT2D eigenvalue weighted by Gasteiger charge is 2.26. The quantitative estimate of drug-likeness (QED) is 0.439. The number of fused-ring (bicyclic) bond motifs is 4. The minimum Gasteiger partial charge on any atom is -0.354 e. The van der Waals surface area contributed by atoms with Crippen LogP contribution in [-0.2, 0) is 19.5 Å². The van der Waals surface area contributed by atoms with E-state index in [1.54, 1.807) is 17.7 Å². The first-order valence-electron chi connectivity index (χ1n) is 11.8. The van der Waals surface area contributed by atoms with Crippen LogP contribution in [0.1, 0.15) is 16.0 Å². The lowest BCUT2D eigenvalue weighted by Crippen LogP contribution is -3.15. The Morgan fingerprint density at radius 2 is 2.06 bits per heavy atom. The highest BCUT2D eigenvalue weighted by molar-refractivity contribution is 7.18. The lowest BCUT2D eigenvalue weighted by Gasteiger charge is -2.32. The SMILES string of the molecule is Cc1ccc2onc(N3CC[NH+](CCn4cnc5sc6c(c5c4=O)CC[NH+](C)C6)CC3)c2c1. The van der Waals surface area contributed by atoms with Crippen LogP contribution in [0, 0.1) is 6.92 Å². The first-order valence-corrected chi connectivity index (χ1v) is 12.6. The van der Waals surface area contributed by atoms with Gasteiger partial charge < -0.3 is 19.2 Å². The molecule has 2 N–H and O–H groups in total. The molecule has 1 unspecified atom stereocenters. The lowest BCUT2D eigenvalue weighted by molar-refractivity contribution is -0.901. The Labute approximate surface area is 196 Å². The molecule has 1 fully saturated rings. The maximum absolute atomic E-state index is 13.3. The maximum atomic E-state index is 13.3. The van der Waals surface area contributed by atoms with E-state index in [9.17, 15) is 4.79 Å². The van der Waals surface area contributed by atoms with E-state index in [1.807, 2.05) is 10.6 Å². The molecule has 1 aromatic carbocycles. The van der Waals surface area contributed by atoms with Crippen LogP contribution in [0.3, 0.4) is 0 Å². The fourth-order valence-electron chi connectivity index (χ4n) is 5.23. The number of rotatable bonds is 4. The van der Waals surface area contributed by atoms with Crippen molar-refractivity contribution in [3.8, 4) is 0 Å². The molecule has 0 radical (unpaired) electrons. The molecule has 0 spiro atoms. The second-order valence-electron chi connectivity index (χ2n) is 9.55. The van der Waals surface area contributed by atoms with E-state index in [0.29, 0.717) is 6.54 Å². The first-order chi connectivity index (χ1) is 16.1. The standard InChI is InChI=1S/C24H28N6O2S/c1-16-3-4-19-18(13-16)22(26-32-19)29-10-7-28(8-11-29)9-12-30-15-25-23-21(24(30)31)17-5-6-27(2)14-20(17)33-23/h3-4,13,15H,5-12,14H2,1-2H3/p+2. The fraction of sp³-hybridized carbons (Fsp3) is 0.458. The summed E-state index contributed by atoms with van der Waals surface area (Å²) in [6, 6.07) is 6.20. The van der Waals surface area contributed by atoms with Gasteiger partial charge in [-0.3, -0.25) is 9.36 Å². The van der Waals surface area contributed by atoms with Gasteiger partial charge in [-0.25, -0.2) is 4.98 Å². The minimum absolute atomic E-state index is 0.138. The van der Waals surface area contributed by atoms with Crippen LogP contribution in [0.25, 0.3) is 21.2 Å². The number of anilines is 1.